The van der Waals surface area contributed by atoms with Crippen LogP contribution < -0.4 is 5.63 Å². The Balaban J connectivity index is 2.34. The van der Waals surface area contributed by atoms with Crippen molar-refractivity contribution in [3.05, 3.63) is 51.3 Å². The quantitative estimate of drug-likeness (QED) is 0.678. The fourth-order valence-corrected chi connectivity index (χ4v) is 1.85. The standard InChI is InChI=1S/C14H14N2O4/c1-8-6-10(16(3)15-8)4-5-11(17)13-12(18)7-9(2)20-14(13)19/h4-7,18H,1-3H3. The highest BCUT2D eigenvalue weighted by atomic mass is 16.4. The monoisotopic (exact) mass is 274 g/mol. The first kappa shape index (κ1) is 13.8. The van der Waals surface area contributed by atoms with Crippen molar-refractivity contribution >= 4 is 11.9 Å². The molecule has 0 saturated carbocycles. The second-order valence-electron chi connectivity index (χ2n) is 4.44. The summed E-state index contributed by atoms with van der Waals surface area (Å²) in [5.74, 6) is -0.750. The lowest BCUT2D eigenvalue weighted by atomic mass is 10.1. The number of hydrogen-bond acceptors (Lipinski definition) is 5. The fourth-order valence-electron chi connectivity index (χ4n) is 1.85. The van der Waals surface area contributed by atoms with Gasteiger partial charge in [-0.3, -0.25) is 9.48 Å². The molecule has 2 heterocycles. The van der Waals surface area contributed by atoms with E-state index >= 15 is 0 Å². The second-order valence-corrected chi connectivity index (χ2v) is 4.44. The summed E-state index contributed by atoms with van der Waals surface area (Å²) >= 11 is 0. The van der Waals surface area contributed by atoms with Crippen LogP contribution in [-0.2, 0) is 7.05 Å². The van der Waals surface area contributed by atoms with Gasteiger partial charge in [0.2, 0.25) is 0 Å². The summed E-state index contributed by atoms with van der Waals surface area (Å²) < 4.78 is 6.41. The Kier molecular flexibility index (Phi) is 3.56. The summed E-state index contributed by atoms with van der Waals surface area (Å²) in [5, 5.41) is 13.8. The largest absolute Gasteiger partial charge is 0.507 e. The number of nitrogens with zero attached hydrogens (tertiary/aromatic N) is 2. The minimum absolute atomic E-state index is 0.246. The van der Waals surface area contributed by atoms with Gasteiger partial charge in [0.15, 0.2) is 5.78 Å². The molecular weight excluding hydrogens is 260 g/mol. The predicted molar refractivity (Wildman–Crippen MR) is 72.7 cm³/mol. The van der Waals surface area contributed by atoms with Crippen LogP contribution >= 0.6 is 0 Å². The Morgan fingerprint density at radius 3 is 2.65 bits per heavy atom. The van der Waals surface area contributed by atoms with Crippen LogP contribution in [0.3, 0.4) is 0 Å². The van der Waals surface area contributed by atoms with Crippen molar-refractivity contribution in [1.29, 1.82) is 0 Å². The molecule has 0 fully saturated rings. The minimum Gasteiger partial charge on any atom is -0.507 e. The molecule has 6 heteroatoms. The highest BCUT2D eigenvalue weighted by Gasteiger charge is 2.16. The van der Waals surface area contributed by atoms with Crippen LogP contribution in [0.2, 0.25) is 0 Å². The van der Waals surface area contributed by atoms with Gasteiger partial charge < -0.3 is 9.52 Å². The normalized spacial score (nSPS) is 11.2. The summed E-state index contributed by atoms with van der Waals surface area (Å²) in [5.41, 5.74) is 0.313. The lowest BCUT2D eigenvalue weighted by Crippen LogP contribution is -2.13. The lowest BCUT2D eigenvalue weighted by molar-refractivity contribution is 0.104. The zero-order chi connectivity index (χ0) is 14.9. The van der Waals surface area contributed by atoms with Crippen LogP contribution in [0.25, 0.3) is 6.08 Å². The Bertz CT molecular complexity index is 753. The van der Waals surface area contributed by atoms with Gasteiger partial charge in [-0.1, -0.05) is 0 Å². The molecule has 0 unspecified atom stereocenters. The fraction of sp³-hybridized carbons (Fsp3) is 0.214. The van der Waals surface area contributed by atoms with E-state index in [2.05, 4.69) is 5.10 Å². The molecule has 0 aliphatic rings. The maximum Gasteiger partial charge on any atom is 0.351 e. The van der Waals surface area contributed by atoms with Gasteiger partial charge in [-0.2, -0.15) is 5.10 Å². The average molecular weight is 274 g/mol. The molecule has 6 nitrogen and oxygen atoms in total. The summed E-state index contributed by atoms with van der Waals surface area (Å²) in [7, 11) is 1.74. The topological polar surface area (TPSA) is 85.3 Å². The molecule has 0 aromatic carbocycles. The molecule has 2 aromatic rings. The second kappa shape index (κ2) is 5.16. The van der Waals surface area contributed by atoms with Crippen molar-refractivity contribution in [2.75, 3.05) is 0 Å². The number of aromatic hydroxyl groups is 1. The van der Waals surface area contributed by atoms with Crippen LogP contribution in [0.4, 0.5) is 0 Å². The summed E-state index contributed by atoms with van der Waals surface area (Å²) in [6.07, 6.45) is 2.73. The van der Waals surface area contributed by atoms with Crippen molar-refractivity contribution < 1.29 is 14.3 Å². The number of aromatic nitrogens is 2. The Morgan fingerprint density at radius 2 is 2.10 bits per heavy atom. The first-order valence-electron chi connectivity index (χ1n) is 5.95. The average Bonchev–Trinajstić information content (AvgIpc) is 2.63. The Hall–Kier alpha value is -2.63. The van der Waals surface area contributed by atoms with Crippen LogP contribution in [0, 0.1) is 13.8 Å². The maximum atomic E-state index is 12.0. The number of allylic oxidation sites excluding steroid dienone is 1. The van der Waals surface area contributed by atoms with E-state index < -0.39 is 11.4 Å². The van der Waals surface area contributed by atoms with Crippen molar-refractivity contribution in [2.24, 2.45) is 7.05 Å². The molecule has 0 atom stereocenters. The number of rotatable bonds is 3. The number of aryl methyl sites for hydroxylation is 3. The summed E-state index contributed by atoms with van der Waals surface area (Å²) in [6, 6.07) is 3.03. The minimum atomic E-state index is -0.849. The maximum absolute atomic E-state index is 12.0. The van der Waals surface area contributed by atoms with Crippen LogP contribution in [0.15, 0.2) is 27.4 Å². The lowest BCUT2D eigenvalue weighted by Gasteiger charge is -1.99. The molecule has 2 rings (SSSR count). The van der Waals surface area contributed by atoms with Gasteiger partial charge in [-0.15, -0.1) is 0 Å². The number of carbonyl (C=O) groups excluding carboxylic acids is 1. The van der Waals surface area contributed by atoms with Gasteiger partial charge in [0.25, 0.3) is 0 Å². The van der Waals surface area contributed by atoms with Gasteiger partial charge >= 0.3 is 5.63 Å². The van der Waals surface area contributed by atoms with E-state index in [4.69, 9.17) is 4.42 Å². The van der Waals surface area contributed by atoms with E-state index in [-0.39, 0.29) is 17.1 Å². The first-order valence-corrected chi connectivity index (χ1v) is 5.95. The van der Waals surface area contributed by atoms with Gasteiger partial charge in [0.05, 0.1) is 11.4 Å². The van der Waals surface area contributed by atoms with E-state index in [9.17, 15) is 14.7 Å². The number of hydrogen-bond donors (Lipinski definition) is 1. The third-order valence-corrected chi connectivity index (χ3v) is 2.74. The first-order chi connectivity index (χ1) is 9.38. The number of ketones is 1. The zero-order valence-corrected chi connectivity index (χ0v) is 11.4. The van der Waals surface area contributed by atoms with Crippen molar-refractivity contribution in [3.8, 4) is 5.75 Å². The SMILES string of the molecule is Cc1cc(C=CC(=O)c2c(O)cc(C)oc2=O)n(C)n1. The van der Waals surface area contributed by atoms with Crippen molar-refractivity contribution in [1.82, 2.24) is 9.78 Å². The van der Waals surface area contributed by atoms with E-state index in [1.54, 1.807) is 17.8 Å². The van der Waals surface area contributed by atoms with Gasteiger partial charge in [-0.25, -0.2) is 4.79 Å². The smallest absolute Gasteiger partial charge is 0.351 e. The highest BCUT2D eigenvalue weighted by molar-refractivity contribution is 6.08. The van der Waals surface area contributed by atoms with Crippen molar-refractivity contribution in [3.63, 3.8) is 0 Å². The summed E-state index contributed by atoms with van der Waals surface area (Å²) in [4.78, 5) is 23.5. The van der Waals surface area contributed by atoms with Crippen LogP contribution in [0.1, 0.15) is 27.5 Å². The summed E-state index contributed by atoms with van der Waals surface area (Å²) in [6.45, 7) is 3.35. The van der Waals surface area contributed by atoms with Crippen LogP contribution in [-0.4, -0.2) is 20.7 Å². The number of carbonyl (C=O) groups is 1. The molecule has 0 spiro atoms. The van der Waals surface area contributed by atoms with E-state index in [1.165, 1.54) is 25.1 Å². The van der Waals surface area contributed by atoms with E-state index in [1.807, 2.05) is 6.92 Å². The Labute approximate surface area is 115 Å². The molecule has 2 aromatic heterocycles. The van der Waals surface area contributed by atoms with Gasteiger partial charge in [0.1, 0.15) is 17.1 Å². The molecule has 0 radical (unpaired) electrons. The molecular formula is C14H14N2O4. The van der Waals surface area contributed by atoms with E-state index in [0.29, 0.717) is 5.69 Å². The molecule has 104 valence electrons. The molecule has 0 amide bonds. The highest BCUT2D eigenvalue weighted by Crippen LogP contribution is 2.16. The van der Waals surface area contributed by atoms with Gasteiger partial charge in [0, 0.05) is 13.1 Å². The predicted octanol–water partition coefficient (Wildman–Crippen LogP) is 1.59. The Morgan fingerprint density at radius 1 is 1.40 bits per heavy atom. The van der Waals surface area contributed by atoms with E-state index in [0.717, 1.165) is 5.69 Å². The molecule has 0 aliphatic carbocycles. The van der Waals surface area contributed by atoms with Crippen molar-refractivity contribution in [2.45, 2.75) is 13.8 Å². The van der Waals surface area contributed by atoms with Crippen LogP contribution in [0.5, 0.6) is 5.75 Å². The molecule has 1 N–H and O–H groups in total. The molecule has 0 aliphatic heterocycles. The van der Waals surface area contributed by atoms with Gasteiger partial charge in [-0.05, 0) is 32.1 Å². The third-order valence-electron chi connectivity index (χ3n) is 2.74. The molecule has 20 heavy (non-hydrogen) atoms. The third kappa shape index (κ3) is 2.69. The molecule has 0 bridgehead atoms. The molecule has 0 saturated heterocycles. The zero-order valence-electron chi connectivity index (χ0n) is 11.4.